The highest BCUT2D eigenvalue weighted by Gasteiger charge is 2.11. The van der Waals surface area contributed by atoms with Crippen molar-refractivity contribution in [1.29, 1.82) is 0 Å². The maximum Gasteiger partial charge on any atom is 0.321 e. The second-order valence-corrected chi connectivity index (χ2v) is 5.73. The van der Waals surface area contributed by atoms with Crippen molar-refractivity contribution in [2.24, 2.45) is 0 Å². The summed E-state index contributed by atoms with van der Waals surface area (Å²) in [5.41, 5.74) is 1.86. The lowest BCUT2D eigenvalue weighted by atomic mass is 10.1. The third-order valence-electron chi connectivity index (χ3n) is 3.69. The standard InChI is InChI=1S/C20H22N2O5/c1-26-17-10-7-15(8-11-17)9-12-19(24)27-14-18(23)22-20(25)21-13-16-5-3-2-4-6-16/h2-8,10-11H,9,12-14H2,1H3,(H2,21,22,23,25). The third kappa shape index (κ3) is 7.60. The van der Waals surface area contributed by atoms with E-state index in [1.807, 2.05) is 54.6 Å². The Kier molecular flexibility index (Phi) is 7.84. The van der Waals surface area contributed by atoms with Crippen LogP contribution in [-0.2, 0) is 27.3 Å². The zero-order valence-electron chi connectivity index (χ0n) is 15.1. The van der Waals surface area contributed by atoms with Crippen molar-refractivity contribution < 1.29 is 23.9 Å². The Morgan fingerprint density at radius 3 is 2.30 bits per heavy atom. The Morgan fingerprint density at radius 1 is 0.926 bits per heavy atom. The molecule has 0 saturated heterocycles. The molecule has 142 valence electrons. The highest BCUT2D eigenvalue weighted by molar-refractivity contribution is 5.95. The smallest absolute Gasteiger partial charge is 0.321 e. The van der Waals surface area contributed by atoms with Crippen molar-refractivity contribution in [3.63, 3.8) is 0 Å². The van der Waals surface area contributed by atoms with Crippen LogP contribution in [0.5, 0.6) is 5.75 Å². The van der Waals surface area contributed by atoms with Crippen molar-refractivity contribution in [2.45, 2.75) is 19.4 Å². The van der Waals surface area contributed by atoms with E-state index in [1.54, 1.807) is 7.11 Å². The first-order valence-electron chi connectivity index (χ1n) is 8.47. The van der Waals surface area contributed by atoms with Gasteiger partial charge in [-0.15, -0.1) is 0 Å². The zero-order valence-corrected chi connectivity index (χ0v) is 15.1. The van der Waals surface area contributed by atoms with Crippen molar-refractivity contribution in [3.8, 4) is 5.75 Å². The maximum atomic E-state index is 11.7. The number of rotatable bonds is 8. The van der Waals surface area contributed by atoms with Crippen LogP contribution in [0.3, 0.4) is 0 Å². The van der Waals surface area contributed by atoms with E-state index in [2.05, 4.69) is 10.6 Å². The van der Waals surface area contributed by atoms with E-state index < -0.39 is 24.5 Å². The molecule has 2 aromatic carbocycles. The minimum atomic E-state index is -0.682. The molecule has 3 amide bonds. The Labute approximate surface area is 157 Å². The number of nitrogens with one attached hydrogen (secondary N) is 2. The molecule has 0 aliphatic carbocycles. The largest absolute Gasteiger partial charge is 0.497 e. The molecule has 0 aromatic heterocycles. The van der Waals surface area contributed by atoms with Gasteiger partial charge in [0.1, 0.15) is 5.75 Å². The zero-order chi connectivity index (χ0) is 19.5. The van der Waals surface area contributed by atoms with Crippen LogP contribution in [0.25, 0.3) is 0 Å². The summed E-state index contributed by atoms with van der Waals surface area (Å²) in [6.07, 6.45) is 0.627. The van der Waals surface area contributed by atoms with Crippen molar-refractivity contribution in [2.75, 3.05) is 13.7 Å². The average molecular weight is 370 g/mol. The Balaban J connectivity index is 1.62. The molecule has 0 saturated carbocycles. The Hall–Kier alpha value is -3.35. The Bertz CT molecular complexity index is 760. The lowest BCUT2D eigenvalue weighted by Gasteiger charge is -2.08. The van der Waals surface area contributed by atoms with Gasteiger partial charge in [-0.25, -0.2) is 4.79 Å². The highest BCUT2D eigenvalue weighted by Crippen LogP contribution is 2.12. The summed E-state index contributed by atoms with van der Waals surface area (Å²) in [7, 11) is 1.58. The molecule has 7 nitrogen and oxygen atoms in total. The summed E-state index contributed by atoms with van der Waals surface area (Å²) in [5.74, 6) is -0.451. The summed E-state index contributed by atoms with van der Waals surface area (Å²) in [6.45, 7) is -0.207. The molecular formula is C20H22N2O5. The highest BCUT2D eigenvalue weighted by atomic mass is 16.5. The van der Waals surface area contributed by atoms with Crippen molar-refractivity contribution >= 4 is 17.9 Å². The van der Waals surface area contributed by atoms with E-state index in [1.165, 1.54) is 0 Å². The number of hydrogen-bond acceptors (Lipinski definition) is 5. The molecule has 0 bridgehead atoms. The Morgan fingerprint density at radius 2 is 1.63 bits per heavy atom. The first-order chi connectivity index (χ1) is 13.1. The van der Waals surface area contributed by atoms with E-state index in [9.17, 15) is 14.4 Å². The molecule has 0 heterocycles. The number of ether oxygens (including phenoxy) is 2. The number of carbonyl (C=O) groups is 3. The molecule has 0 atom stereocenters. The lowest BCUT2D eigenvalue weighted by Crippen LogP contribution is -2.41. The van der Waals surface area contributed by atoms with Gasteiger partial charge in [-0.1, -0.05) is 42.5 Å². The number of amides is 3. The summed E-state index contributed by atoms with van der Waals surface area (Å²) < 4.78 is 9.94. The van der Waals surface area contributed by atoms with Gasteiger partial charge >= 0.3 is 12.0 Å². The van der Waals surface area contributed by atoms with E-state index >= 15 is 0 Å². The van der Waals surface area contributed by atoms with Gasteiger partial charge in [0.15, 0.2) is 6.61 Å². The molecule has 0 aliphatic rings. The summed E-state index contributed by atoms with van der Waals surface area (Å²) in [4.78, 5) is 35.0. The monoisotopic (exact) mass is 370 g/mol. The predicted octanol–water partition coefficient (Wildman–Crippen LogP) is 2.20. The van der Waals surface area contributed by atoms with Gasteiger partial charge in [-0.2, -0.15) is 0 Å². The van der Waals surface area contributed by atoms with Crippen molar-refractivity contribution in [1.82, 2.24) is 10.6 Å². The van der Waals surface area contributed by atoms with Gasteiger partial charge in [0.2, 0.25) is 0 Å². The number of aryl methyl sites for hydroxylation is 1. The fourth-order valence-electron chi connectivity index (χ4n) is 2.24. The van der Waals surface area contributed by atoms with Crippen LogP contribution in [-0.4, -0.2) is 31.6 Å². The number of benzene rings is 2. The SMILES string of the molecule is COc1ccc(CCC(=O)OCC(=O)NC(=O)NCc2ccccc2)cc1. The number of urea groups is 1. The number of methoxy groups -OCH3 is 1. The molecule has 0 unspecified atom stereocenters. The number of hydrogen-bond donors (Lipinski definition) is 2. The van der Waals surface area contributed by atoms with E-state index in [0.717, 1.165) is 16.9 Å². The topological polar surface area (TPSA) is 93.7 Å². The first-order valence-corrected chi connectivity index (χ1v) is 8.47. The second kappa shape index (κ2) is 10.6. The van der Waals surface area contributed by atoms with Gasteiger partial charge in [-0.05, 0) is 29.7 Å². The first kappa shape index (κ1) is 20.0. The van der Waals surface area contributed by atoms with Crippen LogP contribution < -0.4 is 15.4 Å². The fourth-order valence-corrected chi connectivity index (χ4v) is 2.24. The number of imide groups is 1. The molecular weight excluding hydrogens is 348 g/mol. The molecule has 0 radical (unpaired) electrons. The van der Waals surface area contributed by atoms with Crippen LogP contribution in [0.1, 0.15) is 17.5 Å². The van der Waals surface area contributed by atoms with Gasteiger partial charge in [0.25, 0.3) is 5.91 Å². The minimum Gasteiger partial charge on any atom is -0.497 e. The predicted molar refractivity (Wildman–Crippen MR) is 99.1 cm³/mol. The average Bonchev–Trinajstić information content (AvgIpc) is 2.70. The quantitative estimate of drug-likeness (QED) is 0.695. The maximum absolute atomic E-state index is 11.7. The number of esters is 1. The molecule has 27 heavy (non-hydrogen) atoms. The van der Waals surface area contributed by atoms with E-state index in [0.29, 0.717) is 13.0 Å². The summed E-state index contributed by atoms with van der Waals surface area (Å²) in [5, 5.41) is 4.66. The van der Waals surface area contributed by atoms with Gasteiger partial charge < -0.3 is 14.8 Å². The van der Waals surface area contributed by atoms with Crippen LogP contribution in [0.15, 0.2) is 54.6 Å². The third-order valence-corrected chi connectivity index (χ3v) is 3.69. The van der Waals surface area contributed by atoms with Crippen LogP contribution in [0.4, 0.5) is 4.79 Å². The molecule has 0 spiro atoms. The second-order valence-electron chi connectivity index (χ2n) is 5.73. The molecule has 0 fully saturated rings. The normalized spacial score (nSPS) is 9.96. The van der Waals surface area contributed by atoms with Gasteiger partial charge in [0.05, 0.1) is 7.11 Å². The molecule has 2 N–H and O–H groups in total. The van der Waals surface area contributed by atoms with Crippen LogP contribution in [0.2, 0.25) is 0 Å². The fraction of sp³-hybridized carbons (Fsp3) is 0.250. The lowest BCUT2D eigenvalue weighted by molar-refractivity contribution is -0.148. The summed E-state index contributed by atoms with van der Waals surface area (Å²) in [6, 6.07) is 16.0. The van der Waals surface area contributed by atoms with Gasteiger partial charge in [0, 0.05) is 13.0 Å². The number of carbonyl (C=O) groups excluding carboxylic acids is 3. The molecule has 7 heteroatoms. The minimum absolute atomic E-state index is 0.139. The van der Waals surface area contributed by atoms with Crippen LogP contribution in [0, 0.1) is 0 Å². The van der Waals surface area contributed by atoms with Crippen LogP contribution >= 0.6 is 0 Å². The summed E-state index contributed by atoms with van der Waals surface area (Å²) >= 11 is 0. The molecule has 0 aliphatic heterocycles. The molecule has 2 rings (SSSR count). The van der Waals surface area contributed by atoms with Crippen molar-refractivity contribution in [3.05, 3.63) is 65.7 Å². The molecule has 2 aromatic rings. The van der Waals surface area contributed by atoms with E-state index in [-0.39, 0.29) is 6.42 Å². The van der Waals surface area contributed by atoms with E-state index in [4.69, 9.17) is 9.47 Å². The van der Waals surface area contributed by atoms with Gasteiger partial charge in [-0.3, -0.25) is 14.9 Å².